The van der Waals surface area contributed by atoms with Crippen molar-refractivity contribution in [1.29, 1.82) is 0 Å². The molecule has 0 aliphatic heterocycles. The highest BCUT2D eigenvalue weighted by Crippen LogP contribution is 2.48. The summed E-state index contributed by atoms with van der Waals surface area (Å²) in [5, 5.41) is 0. The van der Waals surface area contributed by atoms with E-state index in [0.717, 1.165) is 25.3 Å². The summed E-state index contributed by atoms with van der Waals surface area (Å²) < 4.78 is 40.7. The van der Waals surface area contributed by atoms with Crippen LogP contribution in [-0.4, -0.2) is 48.0 Å². The molecule has 0 bridgehead atoms. The molecule has 0 aromatic carbocycles. The van der Waals surface area contributed by atoms with Crippen LogP contribution in [0.25, 0.3) is 0 Å². The lowest BCUT2D eigenvalue weighted by Crippen LogP contribution is -2.45. The van der Waals surface area contributed by atoms with Crippen LogP contribution in [0.3, 0.4) is 0 Å². The van der Waals surface area contributed by atoms with Crippen molar-refractivity contribution in [3.63, 3.8) is 0 Å². The summed E-state index contributed by atoms with van der Waals surface area (Å²) in [7, 11) is -5.31. The summed E-state index contributed by atoms with van der Waals surface area (Å²) in [6.45, 7) is 12.6. The Kier molecular flexibility index (Phi) is 19.1. The summed E-state index contributed by atoms with van der Waals surface area (Å²) in [6, 6.07) is 0.919. The van der Waals surface area contributed by atoms with Crippen molar-refractivity contribution in [3.8, 4) is 0 Å². The molecule has 6 nitrogen and oxygen atoms in total. The van der Waals surface area contributed by atoms with Crippen LogP contribution in [-0.2, 0) is 26.9 Å². The molecule has 0 aromatic heterocycles. The molecule has 0 rings (SSSR count). The molecule has 0 N–H and O–H groups in total. The zero-order chi connectivity index (χ0) is 21.8. The Hall–Kier alpha value is 0.247. The maximum Gasteiger partial charge on any atom is 0.500 e. The average molecular weight is 455 g/mol. The molecular formula is C21H47O6PSi. The molecule has 0 saturated heterocycles. The van der Waals surface area contributed by atoms with Crippen molar-refractivity contribution in [2.24, 2.45) is 0 Å². The molecule has 29 heavy (non-hydrogen) atoms. The summed E-state index contributed by atoms with van der Waals surface area (Å²) >= 11 is 0. The lowest BCUT2D eigenvalue weighted by molar-refractivity contribution is 0.0706. The van der Waals surface area contributed by atoms with Gasteiger partial charge in [0.15, 0.2) is 0 Å². The Labute approximate surface area is 181 Å². The fourth-order valence-electron chi connectivity index (χ4n) is 3.45. The smallest absolute Gasteiger partial charge is 0.374 e. The van der Waals surface area contributed by atoms with Crippen LogP contribution in [0.4, 0.5) is 0 Å². The second-order valence-electron chi connectivity index (χ2n) is 7.08. The molecular weight excluding hydrogens is 407 g/mol. The third-order valence-electron chi connectivity index (χ3n) is 4.66. The Morgan fingerprint density at radius 3 is 1.31 bits per heavy atom. The van der Waals surface area contributed by atoms with E-state index < -0.39 is 16.4 Å². The summed E-state index contributed by atoms with van der Waals surface area (Å²) in [5.41, 5.74) is 0. The molecule has 0 spiro atoms. The molecule has 0 fully saturated rings. The maximum atomic E-state index is 12.4. The summed E-state index contributed by atoms with van der Waals surface area (Å²) in [4.78, 5) is 0. The van der Waals surface area contributed by atoms with Gasteiger partial charge < -0.3 is 22.3 Å². The largest absolute Gasteiger partial charge is 0.500 e. The highest BCUT2D eigenvalue weighted by atomic mass is 31.2. The molecule has 176 valence electrons. The van der Waals surface area contributed by atoms with Gasteiger partial charge in [0.05, 0.1) is 19.4 Å². The van der Waals surface area contributed by atoms with Crippen LogP contribution in [0, 0.1) is 0 Å². The molecule has 0 aromatic rings. The molecule has 8 heteroatoms. The molecule has 0 atom stereocenters. The third kappa shape index (κ3) is 14.8. The van der Waals surface area contributed by atoms with Gasteiger partial charge >= 0.3 is 16.4 Å². The quantitative estimate of drug-likeness (QED) is 0.102. The SMILES string of the molecule is CCO[Si](CCCCCCCCCCCP(=O)(OCC)OCC)(OCC)OCC. The first-order chi connectivity index (χ1) is 14.0. The van der Waals surface area contributed by atoms with Crippen molar-refractivity contribution in [2.75, 3.05) is 39.2 Å². The topological polar surface area (TPSA) is 63.2 Å². The fraction of sp³-hybridized carbons (Fsp3) is 1.00. The average Bonchev–Trinajstić information content (AvgIpc) is 2.67. The zero-order valence-corrected chi connectivity index (χ0v) is 21.6. The van der Waals surface area contributed by atoms with Gasteiger partial charge in [-0.3, -0.25) is 4.57 Å². The fourth-order valence-corrected chi connectivity index (χ4v) is 7.86. The lowest BCUT2D eigenvalue weighted by atomic mass is 10.1. The van der Waals surface area contributed by atoms with E-state index in [4.69, 9.17) is 22.3 Å². The van der Waals surface area contributed by atoms with Crippen LogP contribution in [0.15, 0.2) is 0 Å². The molecule has 0 unspecified atom stereocenters. The molecule has 0 aliphatic carbocycles. The molecule has 0 saturated carbocycles. The van der Waals surface area contributed by atoms with Crippen LogP contribution in [0.2, 0.25) is 6.04 Å². The zero-order valence-electron chi connectivity index (χ0n) is 19.7. The second-order valence-corrected chi connectivity index (χ2v) is 12.0. The summed E-state index contributed by atoms with van der Waals surface area (Å²) in [6.07, 6.45) is 11.1. The van der Waals surface area contributed by atoms with Crippen molar-refractivity contribution in [1.82, 2.24) is 0 Å². The number of rotatable bonds is 22. The van der Waals surface area contributed by atoms with Crippen LogP contribution in [0.5, 0.6) is 0 Å². The summed E-state index contributed by atoms with van der Waals surface area (Å²) in [5.74, 6) is 0. The van der Waals surface area contributed by atoms with E-state index in [1.54, 1.807) is 0 Å². The molecule has 0 aliphatic rings. The lowest BCUT2D eigenvalue weighted by Gasteiger charge is -2.28. The number of hydrogen-bond acceptors (Lipinski definition) is 6. The molecule has 0 heterocycles. The predicted molar refractivity (Wildman–Crippen MR) is 123 cm³/mol. The van der Waals surface area contributed by atoms with E-state index in [9.17, 15) is 4.57 Å². The third-order valence-corrected chi connectivity index (χ3v) is 9.98. The highest BCUT2D eigenvalue weighted by Gasteiger charge is 2.39. The molecule has 0 radical (unpaired) electrons. The van der Waals surface area contributed by atoms with Crippen molar-refractivity contribution >= 4 is 16.4 Å². The van der Waals surface area contributed by atoms with E-state index in [0.29, 0.717) is 39.2 Å². The first kappa shape index (κ1) is 29.2. The van der Waals surface area contributed by atoms with E-state index >= 15 is 0 Å². The van der Waals surface area contributed by atoms with E-state index in [1.165, 1.54) is 38.5 Å². The highest BCUT2D eigenvalue weighted by molar-refractivity contribution is 7.53. The van der Waals surface area contributed by atoms with Gasteiger partial charge in [-0.2, -0.15) is 0 Å². The van der Waals surface area contributed by atoms with Gasteiger partial charge in [0.2, 0.25) is 0 Å². The van der Waals surface area contributed by atoms with Gasteiger partial charge in [-0.25, -0.2) is 0 Å². The minimum atomic E-state index is -2.85. The van der Waals surface area contributed by atoms with E-state index in [-0.39, 0.29) is 0 Å². The van der Waals surface area contributed by atoms with Crippen LogP contribution in [0.1, 0.15) is 92.4 Å². The van der Waals surface area contributed by atoms with Crippen LogP contribution >= 0.6 is 7.60 Å². The van der Waals surface area contributed by atoms with E-state index in [1.807, 2.05) is 34.6 Å². The Morgan fingerprint density at radius 2 is 0.931 bits per heavy atom. The van der Waals surface area contributed by atoms with Crippen LogP contribution < -0.4 is 0 Å². The van der Waals surface area contributed by atoms with Crippen molar-refractivity contribution < 1.29 is 26.9 Å². The van der Waals surface area contributed by atoms with Gasteiger partial charge in [0, 0.05) is 25.9 Å². The van der Waals surface area contributed by atoms with Crippen molar-refractivity contribution in [2.45, 2.75) is 98.5 Å². The number of unbranched alkanes of at least 4 members (excludes halogenated alkanes) is 8. The van der Waals surface area contributed by atoms with Gasteiger partial charge in [-0.05, 0) is 47.5 Å². The normalized spacial score (nSPS) is 12.6. The number of hydrogen-bond donors (Lipinski definition) is 0. The Balaban J connectivity index is 3.78. The first-order valence-electron chi connectivity index (χ1n) is 11.8. The first-order valence-corrected chi connectivity index (χ1v) is 15.5. The van der Waals surface area contributed by atoms with Gasteiger partial charge in [-0.1, -0.05) is 44.9 Å². The van der Waals surface area contributed by atoms with Crippen molar-refractivity contribution in [3.05, 3.63) is 0 Å². The maximum absolute atomic E-state index is 12.4. The minimum Gasteiger partial charge on any atom is -0.374 e. The monoisotopic (exact) mass is 454 g/mol. The Morgan fingerprint density at radius 1 is 0.552 bits per heavy atom. The van der Waals surface area contributed by atoms with E-state index in [2.05, 4.69) is 0 Å². The Bertz CT molecular complexity index is 384. The van der Waals surface area contributed by atoms with Gasteiger partial charge in [0.25, 0.3) is 0 Å². The minimum absolute atomic E-state index is 0.445. The van der Waals surface area contributed by atoms with Gasteiger partial charge in [0.1, 0.15) is 0 Å². The molecule has 0 amide bonds. The standard InChI is InChI=1S/C21H47O6PSi/c1-6-23-28(22,24-7-2)20-18-16-14-12-11-13-15-17-19-21-29(25-8-3,26-9-4)27-10-5/h6-21H2,1-5H3. The predicted octanol–water partition coefficient (Wildman–Crippen LogP) is 6.81. The van der Waals surface area contributed by atoms with Gasteiger partial charge in [-0.15, -0.1) is 0 Å². The second kappa shape index (κ2) is 19.0.